The van der Waals surface area contributed by atoms with E-state index in [4.69, 9.17) is 4.42 Å². The first-order valence-electron chi connectivity index (χ1n) is 6.74. The van der Waals surface area contributed by atoms with E-state index in [-0.39, 0.29) is 0 Å². The van der Waals surface area contributed by atoms with Crippen molar-refractivity contribution in [1.29, 1.82) is 0 Å². The third-order valence-electron chi connectivity index (χ3n) is 2.85. The molecule has 1 aromatic heterocycles. The van der Waals surface area contributed by atoms with Gasteiger partial charge in [-0.25, -0.2) is 0 Å². The van der Waals surface area contributed by atoms with Gasteiger partial charge in [0.05, 0.1) is 0 Å². The van der Waals surface area contributed by atoms with Gasteiger partial charge in [-0.2, -0.15) is 0 Å². The Morgan fingerprint density at radius 2 is 1.75 bits per heavy atom. The predicted molar refractivity (Wildman–Crippen MR) is 79.6 cm³/mol. The van der Waals surface area contributed by atoms with Crippen LogP contribution < -0.4 is 0 Å². The van der Waals surface area contributed by atoms with Crippen molar-refractivity contribution in [2.75, 3.05) is 0 Å². The van der Waals surface area contributed by atoms with Crippen molar-refractivity contribution in [3.05, 3.63) is 47.2 Å². The number of rotatable bonds is 6. The second-order valence-corrected chi connectivity index (χ2v) is 6.81. The fourth-order valence-electron chi connectivity index (χ4n) is 2.01. The van der Waals surface area contributed by atoms with Gasteiger partial charge in [-0.15, -0.1) is 10.2 Å². The van der Waals surface area contributed by atoms with Gasteiger partial charge in [0.15, 0.2) is 0 Å². The van der Waals surface area contributed by atoms with Crippen molar-refractivity contribution in [2.45, 2.75) is 38.7 Å². The smallest absolute Gasteiger partial charge is 0.228 e. The summed E-state index contributed by atoms with van der Waals surface area (Å²) >= 11 is 0. The van der Waals surface area contributed by atoms with E-state index in [9.17, 15) is 4.21 Å². The number of hydrogen-bond donors (Lipinski definition) is 0. The molecule has 0 saturated heterocycles. The molecular weight excluding hydrogens is 272 g/mol. The second-order valence-electron chi connectivity index (χ2n) is 5.36. The fraction of sp³-hybridized carbons (Fsp3) is 0.467. The summed E-state index contributed by atoms with van der Waals surface area (Å²) in [6, 6.07) is 8.33. The summed E-state index contributed by atoms with van der Waals surface area (Å²) in [5.41, 5.74) is 2.40. The minimum absolute atomic E-state index is 0.314. The topological polar surface area (TPSA) is 56.0 Å². The van der Waals surface area contributed by atoms with Crippen LogP contribution in [0.2, 0.25) is 0 Å². The highest BCUT2D eigenvalue weighted by Crippen LogP contribution is 2.12. The highest BCUT2D eigenvalue weighted by Gasteiger charge is 2.09. The van der Waals surface area contributed by atoms with Crippen LogP contribution in [0.25, 0.3) is 0 Å². The SMILES string of the molecule is Cc1nnc(C[S@](=O)Cc2ccc(CC(C)C)cc2)o1. The molecule has 1 aromatic carbocycles. The summed E-state index contributed by atoms with van der Waals surface area (Å²) in [4.78, 5) is 0. The maximum Gasteiger partial charge on any atom is 0.228 e. The Morgan fingerprint density at radius 3 is 2.30 bits per heavy atom. The third kappa shape index (κ3) is 4.56. The van der Waals surface area contributed by atoms with Crippen molar-refractivity contribution >= 4 is 10.8 Å². The van der Waals surface area contributed by atoms with Crippen LogP contribution in [-0.2, 0) is 28.7 Å². The van der Waals surface area contributed by atoms with E-state index in [1.165, 1.54) is 5.56 Å². The van der Waals surface area contributed by atoms with Gasteiger partial charge < -0.3 is 4.42 Å². The zero-order chi connectivity index (χ0) is 14.5. The molecule has 1 heterocycles. The Morgan fingerprint density at radius 1 is 1.10 bits per heavy atom. The Balaban J connectivity index is 1.91. The molecule has 4 nitrogen and oxygen atoms in total. The molecule has 1 atom stereocenters. The van der Waals surface area contributed by atoms with E-state index in [1.807, 2.05) is 0 Å². The monoisotopic (exact) mass is 292 g/mol. The molecule has 0 unspecified atom stereocenters. The van der Waals surface area contributed by atoms with Crippen LogP contribution in [0.1, 0.15) is 36.8 Å². The van der Waals surface area contributed by atoms with E-state index >= 15 is 0 Å². The molecule has 0 fully saturated rings. The van der Waals surface area contributed by atoms with Gasteiger partial charge in [0.2, 0.25) is 11.8 Å². The molecule has 2 aromatic rings. The lowest BCUT2D eigenvalue weighted by Crippen LogP contribution is -2.00. The molecule has 0 saturated carbocycles. The number of hydrogen-bond acceptors (Lipinski definition) is 4. The number of benzene rings is 1. The normalized spacial score (nSPS) is 12.8. The first kappa shape index (κ1) is 14.9. The molecule has 108 valence electrons. The van der Waals surface area contributed by atoms with E-state index < -0.39 is 10.8 Å². The molecule has 0 amide bonds. The molecule has 5 heteroatoms. The molecule has 0 spiro atoms. The van der Waals surface area contributed by atoms with Gasteiger partial charge in [0.1, 0.15) is 5.75 Å². The second kappa shape index (κ2) is 6.79. The molecule has 20 heavy (non-hydrogen) atoms. The largest absolute Gasteiger partial charge is 0.425 e. The molecule has 0 aliphatic carbocycles. The van der Waals surface area contributed by atoms with Crippen LogP contribution in [0.15, 0.2) is 28.7 Å². The Kier molecular flexibility index (Phi) is 5.06. The maximum atomic E-state index is 12.0. The van der Waals surface area contributed by atoms with Gasteiger partial charge in [0.25, 0.3) is 0 Å². The summed E-state index contributed by atoms with van der Waals surface area (Å²) in [5, 5.41) is 7.60. The highest BCUT2D eigenvalue weighted by molar-refractivity contribution is 7.83. The van der Waals surface area contributed by atoms with Gasteiger partial charge in [0, 0.05) is 23.5 Å². The summed E-state index contributed by atoms with van der Waals surface area (Å²) in [5.74, 6) is 2.43. The van der Waals surface area contributed by atoms with Crippen molar-refractivity contribution in [2.24, 2.45) is 5.92 Å². The Hall–Kier alpha value is -1.49. The number of aromatic nitrogens is 2. The van der Waals surface area contributed by atoms with Crippen LogP contribution in [0, 0.1) is 12.8 Å². The van der Waals surface area contributed by atoms with Gasteiger partial charge in [-0.3, -0.25) is 4.21 Å². The lowest BCUT2D eigenvalue weighted by molar-refractivity contribution is 0.483. The summed E-state index contributed by atoms with van der Waals surface area (Å²) in [6.07, 6.45) is 1.07. The average Bonchev–Trinajstić information content (AvgIpc) is 2.76. The van der Waals surface area contributed by atoms with Gasteiger partial charge in [-0.05, 0) is 23.5 Å². The summed E-state index contributed by atoms with van der Waals surface area (Å²) in [7, 11) is -1.02. The minimum atomic E-state index is -1.02. The van der Waals surface area contributed by atoms with Crippen LogP contribution in [-0.4, -0.2) is 14.4 Å². The minimum Gasteiger partial charge on any atom is -0.425 e. The van der Waals surface area contributed by atoms with Crippen LogP contribution in [0.3, 0.4) is 0 Å². The zero-order valence-electron chi connectivity index (χ0n) is 12.1. The van der Waals surface area contributed by atoms with E-state index in [0.717, 1.165) is 12.0 Å². The van der Waals surface area contributed by atoms with Crippen LogP contribution in [0.5, 0.6) is 0 Å². The fourth-order valence-corrected chi connectivity index (χ4v) is 3.07. The standard InChI is InChI=1S/C15H20N2O2S/c1-11(2)8-13-4-6-14(7-5-13)9-20(18)10-15-17-16-12(3)19-15/h4-7,11H,8-10H2,1-3H3/t20-/m1/s1. The Labute approximate surface area is 122 Å². The quantitative estimate of drug-likeness (QED) is 0.821. The number of aryl methyl sites for hydroxylation is 1. The molecule has 0 bridgehead atoms. The van der Waals surface area contributed by atoms with Crippen molar-refractivity contribution in [3.63, 3.8) is 0 Å². The van der Waals surface area contributed by atoms with Crippen molar-refractivity contribution < 1.29 is 8.63 Å². The first-order chi connectivity index (χ1) is 9.52. The van der Waals surface area contributed by atoms with Crippen molar-refractivity contribution in [1.82, 2.24) is 10.2 Å². The average molecular weight is 292 g/mol. The van der Waals surface area contributed by atoms with Crippen molar-refractivity contribution in [3.8, 4) is 0 Å². The lowest BCUT2D eigenvalue weighted by atomic mass is 10.0. The molecular formula is C15H20N2O2S. The van der Waals surface area contributed by atoms with E-state index in [0.29, 0.717) is 29.2 Å². The Bertz CT molecular complexity index is 576. The number of nitrogens with zero attached hydrogens (tertiary/aromatic N) is 2. The van der Waals surface area contributed by atoms with E-state index in [1.54, 1.807) is 6.92 Å². The first-order valence-corrected chi connectivity index (χ1v) is 8.23. The van der Waals surface area contributed by atoms with Gasteiger partial charge >= 0.3 is 0 Å². The molecule has 0 radical (unpaired) electrons. The highest BCUT2D eigenvalue weighted by atomic mass is 32.2. The van der Waals surface area contributed by atoms with Crippen LogP contribution in [0.4, 0.5) is 0 Å². The molecule has 2 rings (SSSR count). The maximum absolute atomic E-state index is 12.0. The van der Waals surface area contributed by atoms with Crippen LogP contribution >= 0.6 is 0 Å². The summed E-state index contributed by atoms with van der Waals surface area (Å²) < 4.78 is 17.3. The molecule has 0 aliphatic heterocycles. The van der Waals surface area contributed by atoms with E-state index in [2.05, 4.69) is 48.3 Å². The summed E-state index contributed by atoms with van der Waals surface area (Å²) in [6.45, 7) is 6.14. The van der Waals surface area contributed by atoms with Gasteiger partial charge in [-0.1, -0.05) is 38.1 Å². The lowest BCUT2D eigenvalue weighted by Gasteiger charge is -2.06. The molecule has 0 N–H and O–H groups in total. The zero-order valence-corrected chi connectivity index (χ0v) is 12.9. The predicted octanol–water partition coefficient (Wildman–Crippen LogP) is 3.03. The third-order valence-corrected chi connectivity index (χ3v) is 4.07. The molecule has 0 aliphatic rings.